The van der Waals surface area contributed by atoms with Crippen LogP contribution in [0.5, 0.6) is 0 Å². The number of nitrogen functional groups attached to an aromatic ring is 1. The molecule has 3 nitrogen and oxygen atoms in total. The first-order valence-corrected chi connectivity index (χ1v) is 6.03. The number of imidazole rings is 1. The minimum atomic E-state index is 0.654. The summed E-state index contributed by atoms with van der Waals surface area (Å²) in [6.45, 7) is 5.24. The van der Waals surface area contributed by atoms with Gasteiger partial charge in [0.2, 0.25) is 0 Å². The number of anilines is 1. The van der Waals surface area contributed by atoms with Crippen molar-refractivity contribution in [2.45, 2.75) is 58.9 Å². The van der Waals surface area contributed by atoms with Gasteiger partial charge in [0.1, 0.15) is 0 Å². The maximum Gasteiger partial charge on any atom is 0.200 e. The lowest BCUT2D eigenvalue weighted by atomic mass is 10.1. The summed E-state index contributed by atoms with van der Waals surface area (Å²) in [4.78, 5) is 4.18. The Bertz CT molecular complexity index is 278. The van der Waals surface area contributed by atoms with E-state index in [-0.39, 0.29) is 0 Å². The van der Waals surface area contributed by atoms with Gasteiger partial charge >= 0.3 is 0 Å². The van der Waals surface area contributed by atoms with Crippen LogP contribution in [0.4, 0.5) is 5.95 Å². The molecule has 15 heavy (non-hydrogen) atoms. The van der Waals surface area contributed by atoms with E-state index in [0.29, 0.717) is 5.95 Å². The van der Waals surface area contributed by atoms with Crippen LogP contribution in [-0.4, -0.2) is 9.55 Å². The van der Waals surface area contributed by atoms with Gasteiger partial charge in [-0.05, 0) is 13.3 Å². The topological polar surface area (TPSA) is 43.8 Å². The zero-order chi connectivity index (χ0) is 11.1. The summed E-state index contributed by atoms with van der Waals surface area (Å²) in [7, 11) is 0. The summed E-state index contributed by atoms with van der Waals surface area (Å²) in [5.74, 6) is 0.654. The van der Waals surface area contributed by atoms with Crippen molar-refractivity contribution in [1.82, 2.24) is 9.55 Å². The van der Waals surface area contributed by atoms with E-state index in [1.54, 1.807) is 0 Å². The minimum absolute atomic E-state index is 0.654. The maximum atomic E-state index is 5.76. The molecule has 0 spiro atoms. The molecule has 1 heterocycles. The van der Waals surface area contributed by atoms with E-state index in [0.717, 1.165) is 12.2 Å². The van der Waals surface area contributed by atoms with Crippen LogP contribution in [0.15, 0.2) is 6.20 Å². The first-order valence-electron chi connectivity index (χ1n) is 6.03. The lowest BCUT2D eigenvalue weighted by Crippen LogP contribution is -2.02. The van der Waals surface area contributed by atoms with Crippen molar-refractivity contribution in [2.24, 2.45) is 0 Å². The van der Waals surface area contributed by atoms with E-state index in [1.807, 2.05) is 13.1 Å². The Labute approximate surface area is 92.7 Å². The number of aryl methyl sites for hydroxylation is 2. The van der Waals surface area contributed by atoms with Gasteiger partial charge in [-0.15, -0.1) is 0 Å². The van der Waals surface area contributed by atoms with Crippen LogP contribution in [-0.2, 0) is 6.54 Å². The molecule has 0 amide bonds. The van der Waals surface area contributed by atoms with Gasteiger partial charge in [0.15, 0.2) is 5.95 Å². The molecule has 0 radical (unpaired) electrons. The Kier molecular flexibility index (Phi) is 5.22. The zero-order valence-corrected chi connectivity index (χ0v) is 10.00. The summed E-state index contributed by atoms with van der Waals surface area (Å²) in [5.41, 5.74) is 6.77. The Morgan fingerprint density at radius 3 is 2.47 bits per heavy atom. The Morgan fingerprint density at radius 1 is 1.20 bits per heavy atom. The van der Waals surface area contributed by atoms with Gasteiger partial charge in [-0.1, -0.05) is 39.0 Å². The van der Waals surface area contributed by atoms with Gasteiger partial charge in [-0.25, -0.2) is 4.98 Å². The molecule has 0 aliphatic rings. The van der Waals surface area contributed by atoms with Crippen LogP contribution >= 0.6 is 0 Å². The van der Waals surface area contributed by atoms with Crippen LogP contribution in [0.3, 0.4) is 0 Å². The number of nitrogens with zero attached hydrogens (tertiary/aromatic N) is 2. The largest absolute Gasteiger partial charge is 0.369 e. The third-order valence-electron chi connectivity index (χ3n) is 2.68. The van der Waals surface area contributed by atoms with Crippen LogP contribution in [0.1, 0.15) is 51.1 Å². The predicted molar refractivity (Wildman–Crippen MR) is 64.8 cm³/mol. The molecule has 0 saturated heterocycles. The average Bonchev–Trinajstić information content (AvgIpc) is 2.51. The van der Waals surface area contributed by atoms with E-state index in [4.69, 9.17) is 5.73 Å². The van der Waals surface area contributed by atoms with E-state index in [2.05, 4.69) is 16.5 Å². The fourth-order valence-electron chi connectivity index (χ4n) is 1.81. The molecule has 3 heteroatoms. The number of hydrogen-bond donors (Lipinski definition) is 1. The molecule has 86 valence electrons. The molecule has 0 unspecified atom stereocenters. The van der Waals surface area contributed by atoms with Gasteiger partial charge in [-0.2, -0.15) is 0 Å². The summed E-state index contributed by atoms with van der Waals surface area (Å²) in [5, 5.41) is 0. The van der Waals surface area contributed by atoms with Crippen molar-refractivity contribution in [3.8, 4) is 0 Å². The molecule has 0 atom stereocenters. The lowest BCUT2D eigenvalue weighted by molar-refractivity contribution is 0.561. The minimum Gasteiger partial charge on any atom is -0.369 e. The van der Waals surface area contributed by atoms with Crippen LogP contribution in [0, 0.1) is 6.92 Å². The van der Waals surface area contributed by atoms with Crippen molar-refractivity contribution < 1.29 is 0 Å². The van der Waals surface area contributed by atoms with E-state index < -0.39 is 0 Å². The zero-order valence-electron chi connectivity index (χ0n) is 10.00. The second kappa shape index (κ2) is 6.49. The summed E-state index contributed by atoms with van der Waals surface area (Å²) < 4.78 is 2.05. The fraction of sp³-hybridized carbons (Fsp3) is 0.750. The second-order valence-corrected chi connectivity index (χ2v) is 4.20. The molecule has 1 aromatic rings. The number of unbranched alkanes of at least 4 members (excludes halogenated alkanes) is 5. The predicted octanol–water partition coefficient (Wildman–Crippen LogP) is 3.13. The molecule has 0 saturated carbocycles. The average molecular weight is 209 g/mol. The highest BCUT2D eigenvalue weighted by Crippen LogP contribution is 2.09. The summed E-state index contributed by atoms with van der Waals surface area (Å²) >= 11 is 0. The van der Waals surface area contributed by atoms with Gasteiger partial charge in [0, 0.05) is 12.7 Å². The normalized spacial score (nSPS) is 10.8. The first-order chi connectivity index (χ1) is 7.24. The van der Waals surface area contributed by atoms with Crippen molar-refractivity contribution >= 4 is 5.95 Å². The lowest BCUT2D eigenvalue weighted by Gasteiger charge is -2.04. The Morgan fingerprint density at radius 2 is 1.87 bits per heavy atom. The molecule has 0 bridgehead atoms. The number of hydrogen-bond acceptors (Lipinski definition) is 2. The van der Waals surface area contributed by atoms with Crippen molar-refractivity contribution in [2.75, 3.05) is 5.73 Å². The van der Waals surface area contributed by atoms with Crippen LogP contribution < -0.4 is 5.73 Å². The molecule has 1 rings (SSSR count). The summed E-state index contributed by atoms with van der Waals surface area (Å²) in [6, 6.07) is 0. The summed E-state index contributed by atoms with van der Waals surface area (Å²) in [6.07, 6.45) is 9.94. The molecule has 0 aliphatic heterocycles. The number of aromatic nitrogens is 2. The smallest absolute Gasteiger partial charge is 0.200 e. The van der Waals surface area contributed by atoms with Gasteiger partial charge in [0.05, 0.1) is 5.69 Å². The van der Waals surface area contributed by atoms with Gasteiger partial charge in [-0.3, -0.25) is 0 Å². The second-order valence-electron chi connectivity index (χ2n) is 4.20. The monoisotopic (exact) mass is 209 g/mol. The highest BCUT2D eigenvalue weighted by Gasteiger charge is 2.00. The SMILES string of the molecule is CCCCCCCCn1cc(C)nc1N. The van der Waals surface area contributed by atoms with Gasteiger partial charge in [0.25, 0.3) is 0 Å². The Hall–Kier alpha value is -0.990. The van der Waals surface area contributed by atoms with Crippen molar-refractivity contribution in [3.63, 3.8) is 0 Å². The van der Waals surface area contributed by atoms with Crippen molar-refractivity contribution in [1.29, 1.82) is 0 Å². The molecular weight excluding hydrogens is 186 g/mol. The molecule has 0 fully saturated rings. The highest BCUT2D eigenvalue weighted by molar-refractivity contribution is 5.20. The molecule has 2 N–H and O–H groups in total. The quantitative estimate of drug-likeness (QED) is 0.701. The molecule has 0 aliphatic carbocycles. The highest BCUT2D eigenvalue weighted by atomic mass is 15.1. The third-order valence-corrected chi connectivity index (χ3v) is 2.68. The van der Waals surface area contributed by atoms with Crippen LogP contribution in [0.25, 0.3) is 0 Å². The maximum absolute atomic E-state index is 5.76. The van der Waals surface area contributed by atoms with E-state index in [1.165, 1.54) is 38.5 Å². The molecule has 1 aromatic heterocycles. The van der Waals surface area contributed by atoms with E-state index >= 15 is 0 Å². The fourth-order valence-corrected chi connectivity index (χ4v) is 1.81. The first kappa shape index (κ1) is 12.1. The van der Waals surface area contributed by atoms with E-state index in [9.17, 15) is 0 Å². The Balaban J connectivity index is 2.12. The number of rotatable bonds is 7. The standard InChI is InChI=1S/C12H23N3/c1-3-4-5-6-7-8-9-15-10-11(2)14-12(15)13/h10H,3-9H2,1-2H3,(H2,13,14). The van der Waals surface area contributed by atoms with Crippen LogP contribution in [0.2, 0.25) is 0 Å². The molecule has 0 aromatic carbocycles. The van der Waals surface area contributed by atoms with Gasteiger partial charge < -0.3 is 10.3 Å². The molecular formula is C12H23N3. The van der Waals surface area contributed by atoms with Crippen molar-refractivity contribution in [3.05, 3.63) is 11.9 Å². The number of nitrogens with two attached hydrogens (primary N) is 1. The third kappa shape index (κ3) is 4.36.